The second-order valence-electron chi connectivity index (χ2n) is 7.53. The van der Waals surface area contributed by atoms with Crippen molar-refractivity contribution in [2.75, 3.05) is 5.32 Å². The number of benzene rings is 2. The van der Waals surface area contributed by atoms with Crippen LogP contribution in [0.4, 0.5) is 11.4 Å². The van der Waals surface area contributed by atoms with E-state index >= 15 is 0 Å². The highest BCUT2D eigenvalue weighted by molar-refractivity contribution is 14.1. The minimum atomic E-state index is -0.627. The predicted molar refractivity (Wildman–Crippen MR) is 136 cm³/mol. The SMILES string of the molecule is CCCCCC(=O)Nc1ccc(C(=O)N=Nc2c(O)n(OC(=O)CC)c3ccc(I)cc23)cc1. The number of aromatic hydroxyl groups is 1. The molecule has 3 rings (SSSR count). The number of nitrogens with one attached hydrogen (secondary N) is 1. The summed E-state index contributed by atoms with van der Waals surface area (Å²) in [4.78, 5) is 41.5. The van der Waals surface area contributed by atoms with Crippen molar-refractivity contribution >= 4 is 62.7 Å². The average Bonchev–Trinajstić information content (AvgIpc) is 3.07. The molecule has 178 valence electrons. The molecule has 0 atom stereocenters. The number of hydrogen-bond acceptors (Lipinski definition) is 6. The second kappa shape index (κ2) is 11.7. The van der Waals surface area contributed by atoms with Crippen LogP contribution in [0.1, 0.15) is 56.3 Å². The molecule has 2 amide bonds. The second-order valence-corrected chi connectivity index (χ2v) is 8.78. The Hall–Kier alpha value is -3.28. The van der Waals surface area contributed by atoms with Crippen LogP contribution in [0.3, 0.4) is 0 Å². The molecule has 0 aliphatic heterocycles. The first-order valence-electron chi connectivity index (χ1n) is 10.9. The first-order chi connectivity index (χ1) is 16.3. The third-order valence-electron chi connectivity index (χ3n) is 4.98. The first kappa shape index (κ1) is 25.3. The first-order valence-corrected chi connectivity index (χ1v) is 12.0. The van der Waals surface area contributed by atoms with Crippen molar-refractivity contribution in [1.29, 1.82) is 0 Å². The number of hydrogen-bond donors (Lipinski definition) is 2. The van der Waals surface area contributed by atoms with E-state index < -0.39 is 17.8 Å². The summed E-state index contributed by atoms with van der Waals surface area (Å²) in [6, 6.07) is 11.5. The molecule has 2 N–H and O–H groups in total. The molecule has 1 aromatic heterocycles. The zero-order chi connectivity index (χ0) is 24.7. The zero-order valence-corrected chi connectivity index (χ0v) is 21.0. The smallest absolute Gasteiger partial charge is 0.332 e. The van der Waals surface area contributed by atoms with Crippen molar-refractivity contribution in [3.63, 3.8) is 0 Å². The number of fused-ring (bicyclic) bond motifs is 1. The molecule has 0 saturated heterocycles. The molecule has 0 bridgehead atoms. The van der Waals surface area contributed by atoms with Crippen LogP contribution >= 0.6 is 22.6 Å². The fourth-order valence-corrected chi connectivity index (χ4v) is 3.66. The summed E-state index contributed by atoms with van der Waals surface area (Å²) in [6.07, 6.45) is 3.44. The van der Waals surface area contributed by atoms with Crippen LogP contribution in [-0.2, 0) is 9.59 Å². The van der Waals surface area contributed by atoms with Crippen molar-refractivity contribution in [3.8, 4) is 5.88 Å². The lowest BCUT2D eigenvalue weighted by molar-refractivity contribution is -0.143. The van der Waals surface area contributed by atoms with E-state index in [0.717, 1.165) is 27.6 Å². The van der Waals surface area contributed by atoms with Crippen LogP contribution in [0.15, 0.2) is 52.7 Å². The van der Waals surface area contributed by atoms with Crippen molar-refractivity contribution in [2.45, 2.75) is 46.0 Å². The highest BCUT2D eigenvalue weighted by Crippen LogP contribution is 2.39. The summed E-state index contributed by atoms with van der Waals surface area (Å²) >= 11 is 2.10. The van der Waals surface area contributed by atoms with Crippen LogP contribution in [0, 0.1) is 3.57 Å². The Morgan fingerprint density at radius 3 is 2.50 bits per heavy atom. The molecule has 10 heteroatoms. The van der Waals surface area contributed by atoms with Crippen LogP contribution in [0.5, 0.6) is 5.88 Å². The van der Waals surface area contributed by atoms with E-state index in [0.29, 0.717) is 23.0 Å². The number of carbonyl (C=O) groups is 3. The highest BCUT2D eigenvalue weighted by Gasteiger charge is 2.20. The third-order valence-corrected chi connectivity index (χ3v) is 5.65. The van der Waals surface area contributed by atoms with Crippen LogP contribution in [-0.4, -0.2) is 27.6 Å². The summed E-state index contributed by atoms with van der Waals surface area (Å²) in [7, 11) is 0. The number of nitrogens with zero attached hydrogens (tertiary/aromatic N) is 3. The Morgan fingerprint density at radius 1 is 1.09 bits per heavy atom. The number of azo groups is 1. The Balaban J connectivity index is 1.78. The fourth-order valence-electron chi connectivity index (χ4n) is 3.17. The van der Waals surface area contributed by atoms with Crippen molar-refractivity contribution in [2.24, 2.45) is 10.2 Å². The molecule has 0 unspecified atom stereocenters. The van der Waals surface area contributed by atoms with Gasteiger partial charge < -0.3 is 15.3 Å². The standard InChI is InChI=1S/C24H25IN4O5/c1-3-5-6-7-20(30)26-17-11-8-15(9-12-17)23(32)28-27-22-18-14-16(25)10-13-19(18)29(24(22)33)34-21(31)4-2/h8-14,33H,3-7H2,1-2H3,(H,26,30). The van der Waals surface area contributed by atoms with Gasteiger partial charge in [-0.05, 0) is 71.5 Å². The summed E-state index contributed by atoms with van der Waals surface area (Å²) in [6.45, 7) is 3.71. The van der Waals surface area contributed by atoms with E-state index in [1.807, 2.05) is 0 Å². The van der Waals surface area contributed by atoms with Gasteiger partial charge in [0.05, 0.1) is 5.52 Å². The van der Waals surface area contributed by atoms with Crippen molar-refractivity contribution in [1.82, 2.24) is 4.73 Å². The quantitative estimate of drug-likeness (QED) is 0.191. The molecule has 0 fully saturated rings. The molecular weight excluding hydrogens is 551 g/mol. The van der Waals surface area contributed by atoms with Gasteiger partial charge in [-0.15, -0.1) is 15.0 Å². The van der Waals surface area contributed by atoms with Gasteiger partial charge in [0.1, 0.15) is 0 Å². The largest absolute Gasteiger partial charge is 0.491 e. The summed E-state index contributed by atoms with van der Waals surface area (Å²) < 4.78 is 1.84. The molecule has 0 spiro atoms. The van der Waals surface area contributed by atoms with E-state index in [2.05, 4.69) is 45.1 Å². The van der Waals surface area contributed by atoms with Gasteiger partial charge in [-0.1, -0.05) is 26.7 Å². The van der Waals surface area contributed by atoms with Gasteiger partial charge >= 0.3 is 5.97 Å². The highest BCUT2D eigenvalue weighted by atomic mass is 127. The van der Waals surface area contributed by atoms with Crippen LogP contribution in [0.25, 0.3) is 10.9 Å². The van der Waals surface area contributed by atoms with E-state index in [1.165, 1.54) is 12.1 Å². The Labute approximate surface area is 210 Å². The Bertz CT molecular complexity index is 1230. The molecular formula is C24H25IN4O5. The lowest BCUT2D eigenvalue weighted by atomic mass is 10.2. The number of rotatable bonds is 9. The van der Waals surface area contributed by atoms with Crippen molar-refractivity contribution < 1.29 is 24.3 Å². The molecule has 9 nitrogen and oxygen atoms in total. The topological polar surface area (TPSA) is 122 Å². The summed E-state index contributed by atoms with van der Waals surface area (Å²) in [5.74, 6) is -1.67. The summed E-state index contributed by atoms with van der Waals surface area (Å²) in [5, 5.41) is 21.6. The molecule has 0 aliphatic rings. The van der Waals surface area contributed by atoms with Crippen LogP contribution < -0.4 is 10.2 Å². The molecule has 2 aromatic carbocycles. The maximum atomic E-state index is 12.5. The number of anilines is 1. The number of unbranched alkanes of at least 4 members (excludes halogenated alkanes) is 2. The number of amides is 2. The Kier molecular flexibility index (Phi) is 8.74. The zero-order valence-electron chi connectivity index (χ0n) is 18.9. The van der Waals surface area contributed by atoms with Gasteiger partial charge in [0, 0.05) is 33.0 Å². The summed E-state index contributed by atoms with van der Waals surface area (Å²) in [5.41, 5.74) is 1.29. The third kappa shape index (κ3) is 6.19. The van der Waals surface area contributed by atoms with Gasteiger partial charge in [0.15, 0.2) is 5.69 Å². The van der Waals surface area contributed by atoms with E-state index in [1.54, 1.807) is 37.3 Å². The Morgan fingerprint density at radius 2 is 1.82 bits per heavy atom. The van der Waals surface area contributed by atoms with Gasteiger partial charge in [0.2, 0.25) is 5.91 Å². The van der Waals surface area contributed by atoms with Gasteiger partial charge in [0.25, 0.3) is 11.8 Å². The van der Waals surface area contributed by atoms with Crippen LogP contribution in [0.2, 0.25) is 0 Å². The van der Waals surface area contributed by atoms with E-state index in [-0.39, 0.29) is 23.6 Å². The minimum absolute atomic E-state index is 0.0155. The van der Waals surface area contributed by atoms with Gasteiger partial charge in [-0.3, -0.25) is 9.59 Å². The van der Waals surface area contributed by atoms with Crippen molar-refractivity contribution in [3.05, 3.63) is 51.6 Å². The monoisotopic (exact) mass is 576 g/mol. The molecule has 0 aliphatic carbocycles. The number of aromatic nitrogens is 1. The maximum Gasteiger partial charge on any atom is 0.332 e. The predicted octanol–water partition coefficient (Wildman–Crippen LogP) is 5.76. The molecule has 34 heavy (non-hydrogen) atoms. The maximum absolute atomic E-state index is 12.5. The normalized spacial score (nSPS) is 11.1. The molecule has 0 saturated carbocycles. The molecule has 0 radical (unpaired) electrons. The molecule has 3 aromatic rings. The van der Waals surface area contributed by atoms with Gasteiger partial charge in [-0.2, -0.15) is 0 Å². The minimum Gasteiger partial charge on any atom is -0.491 e. The molecule has 1 heterocycles. The lowest BCUT2D eigenvalue weighted by Crippen LogP contribution is -2.17. The van der Waals surface area contributed by atoms with E-state index in [4.69, 9.17) is 4.84 Å². The fraction of sp³-hybridized carbons (Fsp3) is 0.292. The number of halogens is 1. The van der Waals surface area contributed by atoms with E-state index in [9.17, 15) is 19.5 Å². The lowest BCUT2D eigenvalue weighted by Gasteiger charge is -2.05. The number of carbonyl (C=O) groups excluding carboxylic acids is 3. The van der Waals surface area contributed by atoms with Gasteiger partial charge in [-0.25, -0.2) is 4.79 Å². The average molecular weight is 576 g/mol.